The predicted octanol–water partition coefficient (Wildman–Crippen LogP) is 10.3. The van der Waals surface area contributed by atoms with Crippen LogP contribution < -0.4 is 0 Å². The molecule has 7 rings (SSSR count). The molecule has 0 radical (unpaired) electrons. The Morgan fingerprint density at radius 2 is 0.638 bits per heavy atom. The van der Waals surface area contributed by atoms with Crippen molar-refractivity contribution < 1.29 is 66.7 Å². The van der Waals surface area contributed by atoms with Crippen LogP contribution in [0.4, 0.5) is 33.6 Å². The number of carbonyl (C=O) groups excluding carboxylic acids is 7. The maximum absolute atomic E-state index is 11.8. The topological polar surface area (TPSA) is 229 Å². The normalized spacial score (nSPS) is 19.3. The van der Waals surface area contributed by atoms with E-state index in [0.29, 0.717) is 37.6 Å². The lowest BCUT2D eigenvalue weighted by Crippen LogP contribution is -2.48. The summed E-state index contributed by atoms with van der Waals surface area (Å²) in [7, 11) is 14.5. The summed E-state index contributed by atoms with van der Waals surface area (Å²) in [5, 5.41) is 0. The second-order valence-corrected chi connectivity index (χ2v) is 32.2. The number of nitrogens with zero attached hydrogens (tertiary/aromatic N) is 14. The summed E-state index contributed by atoms with van der Waals surface area (Å²) < 4.78 is 37.2. The summed E-state index contributed by atoms with van der Waals surface area (Å²) in [6, 6.07) is 0. The first kappa shape index (κ1) is 97.6. The second-order valence-electron chi connectivity index (χ2n) is 32.2. The van der Waals surface area contributed by atoms with Crippen molar-refractivity contribution in [1.82, 2.24) is 68.6 Å². The van der Waals surface area contributed by atoms with Gasteiger partial charge in [-0.3, -0.25) is 0 Å². The van der Waals surface area contributed by atoms with E-state index in [4.69, 9.17) is 33.2 Å². The Balaban J connectivity index is 0.000000612. The molecule has 7 amide bonds. The molecule has 0 saturated carbocycles. The van der Waals surface area contributed by atoms with Crippen molar-refractivity contribution in [2.24, 2.45) is 23.2 Å². The number of rotatable bonds is 17. The van der Waals surface area contributed by atoms with Crippen LogP contribution in [0.15, 0.2) is 0 Å². The van der Waals surface area contributed by atoms with Crippen LogP contribution in [0.3, 0.4) is 0 Å². The summed E-state index contributed by atoms with van der Waals surface area (Å²) in [6.45, 7) is 60.4. The largest absolute Gasteiger partial charge is 0.449 e. The van der Waals surface area contributed by atoms with Crippen molar-refractivity contribution in [3.63, 3.8) is 0 Å². The highest BCUT2D eigenvalue weighted by molar-refractivity contribution is 5.70. The lowest BCUT2D eigenvalue weighted by molar-refractivity contribution is 0.00411. The van der Waals surface area contributed by atoms with Crippen molar-refractivity contribution in [1.29, 1.82) is 0 Å². The number of ether oxygens (including phenoxy) is 7. The lowest BCUT2D eigenvalue weighted by atomic mass is 9.99. The maximum Gasteiger partial charge on any atom is 0.410 e. The van der Waals surface area contributed by atoms with Crippen LogP contribution in [0.1, 0.15) is 163 Å². The molecule has 0 bridgehead atoms. The number of piperazine rings is 7. The van der Waals surface area contributed by atoms with Gasteiger partial charge in [-0.25, -0.2) is 33.6 Å². The Kier molecular flexibility index (Phi) is 49.7. The highest BCUT2D eigenvalue weighted by Crippen LogP contribution is 2.18. The van der Waals surface area contributed by atoms with E-state index in [-0.39, 0.29) is 72.0 Å². The van der Waals surface area contributed by atoms with E-state index in [2.05, 4.69) is 153 Å². The SMILES string of the molecule is CC(C)C(C)OC(=O)N1CCN(C)CC1.CC(C)CCOC(=O)N1CCN(C)CC1.CCC(C)(C)OC(=O)N1CCN(C)CC1.CCC(C)COC(=O)N1CCN(C)CC1.CCC(CC)OC(=O)N1CCN(C)CC1.CCCC(C)OC(=O)N1CCN(C)CC1.CN1CCN(C(=O)OCC(C)(C)C)CC1. The van der Waals surface area contributed by atoms with E-state index in [0.717, 1.165) is 228 Å². The maximum atomic E-state index is 11.8. The molecule has 7 aliphatic heterocycles. The molecule has 0 spiro atoms. The van der Waals surface area contributed by atoms with Crippen LogP contribution >= 0.6 is 0 Å². The van der Waals surface area contributed by atoms with E-state index >= 15 is 0 Å². The zero-order chi connectivity index (χ0) is 79.4. The third-order valence-corrected chi connectivity index (χ3v) is 19.7. The van der Waals surface area contributed by atoms with Crippen LogP contribution in [-0.2, 0) is 33.2 Å². The van der Waals surface area contributed by atoms with Crippen molar-refractivity contribution >= 4 is 42.7 Å². The van der Waals surface area contributed by atoms with E-state index in [1.165, 1.54) is 0 Å². The fourth-order valence-electron chi connectivity index (χ4n) is 10.3. The molecule has 0 aromatic heterocycles. The molecule has 7 heterocycles. The Morgan fingerprint density at radius 1 is 0.343 bits per heavy atom. The molecule has 7 aliphatic rings. The Labute approximate surface area is 637 Å². The van der Waals surface area contributed by atoms with Crippen molar-refractivity contribution in [3.8, 4) is 0 Å². The molecule has 3 atom stereocenters. The van der Waals surface area contributed by atoms with E-state index < -0.39 is 0 Å². The molecule has 0 aliphatic carbocycles. The Bertz CT molecular complexity index is 2300. The Hall–Kier alpha value is -5.39. The van der Waals surface area contributed by atoms with E-state index in [1.807, 2.05) is 48.5 Å². The zero-order valence-corrected chi connectivity index (χ0v) is 70.8. The van der Waals surface area contributed by atoms with Gasteiger partial charge in [0, 0.05) is 183 Å². The monoisotopic (exact) mass is 1500 g/mol. The highest BCUT2D eigenvalue weighted by Gasteiger charge is 2.30. The van der Waals surface area contributed by atoms with Crippen molar-refractivity contribution in [2.75, 3.05) is 252 Å². The molecule has 0 aromatic carbocycles. The number of hydrogen-bond donors (Lipinski definition) is 0. The van der Waals surface area contributed by atoms with Gasteiger partial charge in [0.2, 0.25) is 0 Å². The predicted molar refractivity (Wildman–Crippen MR) is 419 cm³/mol. The first-order chi connectivity index (χ1) is 49.4. The molecule has 7 fully saturated rings. The molecule has 28 nitrogen and oxygen atoms in total. The van der Waals surface area contributed by atoms with Gasteiger partial charge in [0.25, 0.3) is 0 Å². The van der Waals surface area contributed by atoms with Crippen molar-refractivity contribution in [3.05, 3.63) is 0 Å². The number of likely N-dealkylation sites (N-methyl/N-ethyl adjacent to an activating group) is 7. The summed E-state index contributed by atoms with van der Waals surface area (Å²) >= 11 is 0. The van der Waals surface area contributed by atoms with Gasteiger partial charge in [-0.15, -0.1) is 0 Å². The number of carbonyl (C=O) groups is 7. The van der Waals surface area contributed by atoms with Crippen LogP contribution in [0.5, 0.6) is 0 Å². The van der Waals surface area contributed by atoms with Crippen LogP contribution in [0.25, 0.3) is 0 Å². The minimum absolute atomic E-state index is 0.00263. The minimum Gasteiger partial charge on any atom is -0.449 e. The summed E-state index contributed by atoms with van der Waals surface area (Å²) in [4.78, 5) is 110. The van der Waals surface area contributed by atoms with Gasteiger partial charge in [0.1, 0.15) is 23.9 Å². The third kappa shape index (κ3) is 45.3. The summed E-state index contributed by atoms with van der Waals surface area (Å²) in [6.07, 6.45) is 5.66. The first-order valence-electron chi connectivity index (χ1n) is 39.8. The fourth-order valence-corrected chi connectivity index (χ4v) is 10.3. The molecule has 0 aromatic rings. The molecule has 3 unspecified atom stereocenters. The van der Waals surface area contributed by atoms with Gasteiger partial charge in [0.05, 0.1) is 19.8 Å². The number of hydrogen-bond acceptors (Lipinski definition) is 21. The van der Waals surface area contributed by atoms with Gasteiger partial charge in [0.15, 0.2) is 0 Å². The van der Waals surface area contributed by atoms with Crippen molar-refractivity contribution in [2.45, 2.75) is 187 Å². The number of amides is 7. The molecule has 28 heteroatoms. The molecule has 0 N–H and O–H groups in total. The highest BCUT2D eigenvalue weighted by atomic mass is 16.6. The first-order valence-corrected chi connectivity index (χ1v) is 39.8. The van der Waals surface area contributed by atoms with Gasteiger partial charge in [-0.2, -0.15) is 0 Å². The summed E-state index contributed by atoms with van der Waals surface area (Å²) in [5.41, 5.74) is -0.303. The Morgan fingerprint density at radius 3 is 0.924 bits per heavy atom. The quantitative estimate of drug-likeness (QED) is 0.123. The molecular formula is C77H154N14O14. The lowest BCUT2D eigenvalue weighted by Gasteiger charge is -2.34. The second kappa shape index (κ2) is 53.4. The third-order valence-electron chi connectivity index (χ3n) is 19.7. The van der Waals surface area contributed by atoms with Crippen LogP contribution in [0.2, 0.25) is 0 Å². The van der Waals surface area contributed by atoms with E-state index in [1.54, 1.807) is 34.3 Å². The average Bonchev–Trinajstić information content (AvgIpc) is 0.909. The van der Waals surface area contributed by atoms with Crippen LogP contribution in [0, 0.1) is 23.2 Å². The van der Waals surface area contributed by atoms with Gasteiger partial charge >= 0.3 is 42.7 Å². The zero-order valence-electron chi connectivity index (χ0n) is 70.8. The average molecular weight is 1500 g/mol. The van der Waals surface area contributed by atoms with Gasteiger partial charge < -0.3 is 102 Å². The van der Waals surface area contributed by atoms with E-state index in [9.17, 15) is 33.6 Å². The molecule has 105 heavy (non-hydrogen) atoms. The van der Waals surface area contributed by atoms with Crippen LogP contribution in [-0.4, -0.2) is 388 Å². The molecular weight excluding hydrogens is 1340 g/mol. The van der Waals surface area contributed by atoms with Gasteiger partial charge in [-0.05, 0) is 132 Å². The smallest absolute Gasteiger partial charge is 0.410 e. The fraction of sp³-hybridized carbons (Fsp3) is 0.909. The molecule has 7 saturated heterocycles. The van der Waals surface area contributed by atoms with Gasteiger partial charge in [-0.1, -0.05) is 103 Å². The molecule has 616 valence electrons. The summed E-state index contributed by atoms with van der Waals surface area (Å²) in [5.74, 6) is 1.42. The minimum atomic E-state index is -0.347. The standard InChI is InChI=1S/7C11H22N2O2/c1-11(2,3)9-15-10(14)13-7-5-12(4)6-8-13;1-10(2)4-9-15-11(14)13-7-5-12(3)6-8-13;1-9(2)10(3)15-11(14)13-7-5-12(4)6-8-13;1-5-11(2,3)15-10(14)13-8-6-12(4)7-9-13;1-4-10(2)9-15-11(14)13-7-5-12(3)6-8-13;1-4-5-10(2)15-11(14)13-8-6-12(3)7-9-13;1-4-10(5-2)15-11(14)13-8-6-12(3)7-9-13/h5-9H2,1-4H3;10H,4-9H2,1-3H3;9-10H,5-8H2,1-4H3;5-9H2,1-4H3;3*10H,4-9H2,1-3H3.